The minimum Gasteiger partial charge on any atom is -0.321 e. The van der Waals surface area contributed by atoms with Crippen LogP contribution in [-0.2, 0) is 6.54 Å². The second-order valence-electron chi connectivity index (χ2n) is 4.54. The quantitative estimate of drug-likeness (QED) is 0.938. The van der Waals surface area contributed by atoms with E-state index in [2.05, 4.69) is 10.4 Å². The molecule has 0 saturated heterocycles. The van der Waals surface area contributed by atoms with Gasteiger partial charge in [-0.05, 0) is 30.7 Å². The first-order valence-electron chi connectivity index (χ1n) is 6.64. The number of aromatic nitrogens is 2. The molecule has 0 unspecified atom stereocenters. The van der Waals surface area contributed by atoms with E-state index in [4.69, 9.17) is 16.9 Å². The van der Waals surface area contributed by atoms with E-state index in [1.54, 1.807) is 6.07 Å². The highest BCUT2D eigenvalue weighted by molar-refractivity contribution is 6.32. The minimum absolute atomic E-state index is 0.133. The molecule has 0 fully saturated rings. The fourth-order valence-corrected chi connectivity index (χ4v) is 2.04. The zero-order valence-electron chi connectivity index (χ0n) is 11.8. The molecule has 1 amide bonds. The molecule has 1 aromatic heterocycles. The molecule has 0 bridgehead atoms. The second-order valence-corrected chi connectivity index (χ2v) is 4.95. The summed E-state index contributed by atoms with van der Waals surface area (Å²) in [5.41, 5.74) is 0.659. The van der Waals surface area contributed by atoms with Crippen LogP contribution in [0.1, 0.15) is 29.4 Å². The van der Waals surface area contributed by atoms with Gasteiger partial charge in [0.1, 0.15) is 11.8 Å². The van der Waals surface area contributed by atoms with Crippen LogP contribution in [0.2, 0.25) is 5.02 Å². The smallest absolute Gasteiger partial charge is 0.276 e. The number of hydrogen-bond acceptors (Lipinski definition) is 4. The Morgan fingerprint density at radius 2 is 2.18 bits per heavy atom. The van der Waals surface area contributed by atoms with Gasteiger partial charge in [0.25, 0.3) is 11.5 Å². The number of anilines is 1. The fourth-order valence-electron chi connectivity index (χ4n) is 1.82. The van der Waals surface area contributed by atoms with Crippen LogP contribution in [0.15, 0.2) is 35.1 Å². The van der Waals surface area contributed by atoms with E-state index in [1.165, 1.54) is 28.9 Å². The Morgan fingerprint density at radius 1 is 1.41 bits per heavy atom. The number of carbonyl (C=O) groups excluding carboxylic acids is 1. The number of nitrogens with one attached hydrogen (secondary N) is 1. The highest BCUT2D eigenvalue weighted by Gasteiger charge is 2.11. The molecule has 22 heavy (non-hydrogen) atoms. The minimum atomic E-state index is -0.453. The van der Waals surface area contributed by atoms with Crippen molar-refractivity contribution in [1.82, 2.24) is 9.78 Å². The summed E-state index contributed by atoms with van der Waals surface area (Å²) >= 11 is 5.91. The largest absolute Gasteiger partial charge is 0.321 e. The van der Waals surface area contributed by atoms with Crippen molar-refractivity contribution in [2.75, 3.05) is 5.32 Å². The van der Waals surface area contributed by atoms with E-state index >= 15 is 0 Å². The number of benzene rings is 1. The zero-order valence-corrected chi connectivity index (χ0v) is 12.6. The van der Waals surface area contributed by atoms with Crippen molar-refractivity contribution in [3.05, 3.63) is 57.0 Å². The van der Waals surface area contributed by atoms with Gasteiger partial charge in [-0.1, -0.05) is 18.5 Å². The van der Waals surface area contributed by atoms with Crippen LogP contribution in [-0.4, -0.2) is 15.7 Å². The lowest BCUT2D eigenvalue weighted by molar-refractivity contribution is 0.102. The average Bonchev–Trinajstić information content (AvgIpc) is 2.50. The monoisotopic (exact) mass is 316 g/mol. The van der Waals surface area contributed by atoms with Crippen molar-refractivity contribution < 1.29 is 4.79 Å². The molecule has 6 nitrogen and oxygen atoms in total. The fraction of sp³-hybridized carbons (Fsp3) is 0.200. The maximum absolute atomic E-state index is 12.2. The number of aryl methyl sites for hydroxylation is 1. The molecular formula is C15H13ClN4O2. The first-order valence-corrected chi connectivity index (χ1v) is 7.02. The summed E-state index contributed by atoms with van der Waals surface area (Å²) in [4.78, 5) is 23.7. The van der Waals surface area contributed by atoms with Gasteiger partial charge in [0.05, 0.1) is 10.6 Å². The molecule has 0 aliphatic heterocycles. The van der Waals surface area contributed by atoms with E-state index in [0.717, 1.165) is 6.42 Å². The van der Waals surface area contributed by atoms with Crippen LogP contribution in [0.4, 0.5) is 5.69 Å². The summed E-state index contributed by atoms with van der Waals surface area (Å²) in [6.45, 7) is 2.36. The summed E-state index contributed by atoms with van der Waals surface area (Å²) in [7, 11) is 0. The van der Waals surface area contributed by atoms with E-state index in [9.17, 15) is 9.59 Å². The van der Waals surface area contributed by atoms with E-state index in [1.807, 2.05) is 13.0 Å². The van der Waals surface area contributed by atoms with Crippen LogP contribution in [0.25, 0.3) is 0 Å². The lowest BCUT2D eigenvalue weighted by Crippen LogP contribution is -2.26. The van der Waals surface area contributed by atoms with Crippen LogP contribution >= 0.6 is 11.6 Å². The first kappa shape index (κ1) is 15.7. The average molecular weight is 317 g/mol. The lowest BCUT2D eigenvalue weighted by Gasteiger charge is -2.07. The molecule has 1 heterocycles. The van der Waals surface area contributed by atoms with Crippen molar-refractivity contribution in [2.24, 2.45) is 0 Å². The standard InChI is InChI=1S/C15H13ClN4O2/c1-2-7-20-14(21)6-5-13(19-20)15(22)18-11-4-3-10(9-17)12(16)8-11/h3-6,8H,2,7H2,1H3,(H,18,22). The molecule has 0 aliphatic carbocycles. The first-order chi connectivity index (χ1) is 10.5. The van der Waals surface area contributed by atoms with Gasteiger partial charge >= 0.3 is 0 Å². The normalized spacial score (nSPS) is 10.0. The predicted octanol–water partition coefficient (Wildman–Crippen LogP) is 2.43. The Balaban J connectivity index is 2.22. The van der Waals surface area contributed by atoms with Crippen molar-refractivity contribution in [2.45, 2.75) is 19.9 Å². The number of carbonyl (C=O) groups is 1. The topological polar surface area (TPSA) is 87.8 Å². The molecule has 0 aliphatic rings. The highest BCUT2D eigenvalue weighted by Crippen LogP contribution is 2.20. The number of rotatable bonds is 4. The molecule has 0 saturated carbocycles. The van der Waals surface area contributed by atoms with Gasteiger partial charge in [-0.2, -0.15) is 10.4 Å². The lowest BCUT2D eigenvalue weighted by atomic mass is 10.2. The van der Waals surface area contributed by atoms with Gasteiger partial charge < -0.3 is 5.32 Å². The molecule has 2 rings (SSSR count). The Morgan fingerprint density at radius 3 is 2.82 bits per heavy atom. The molecule has 0 spiro atoms. The highest BCUT2D eigenvalue weighted by atomic mass is 35.5. The van der Waals surface area contributed by atoms with Crippen molar-refractivity contribution >= 4 is 23.2 Å². The SMILES string of the molecule is CCCn1nc(C(=O)Nc2ccc(C#N)c(Cl)c2)ccc1=O. The number of nitrogens with zero attached hydrogens (tertiary/aromatic N) is 3. The second kappa shape index (κ2) is 6.87. The predicted molar refractivity (Wildman–Crippen MR) is 82.9 cm³/mol. The van der Waals surface area contributed by atoms with Gasteiger partial charge in [0, 0.05) is 18.3 Å². The number of halogens is 1. The molecule has 1 N–H and O–H groups in total. The van der Waals surface area contributed by atoms with Gasteiger partial charge in [0.2, 0.25) is 0 Å². The van der Waals surface area contributed by atoms with Gasteiger partial charge in [-0.15, -0.1) is 0 Å². The third-order valence-electron chi connectivity index (χ3n) is 2.88. The molecule has 7 heteroatoms. The Kier molecular flexibility index (Phi) is 4.92. The number of amides is 1. The van der Waals surface area contributed by atoms with Crippen LogP contribution in [0.5, 0.6) is 0 Å². The van der Waals surface area contributed by atoms with Gasteiger partial charge in [0.15, 0.2) is 0 Å². The Labute approximate surface area is 131 Å². The summed E-state index contributed by atoms with van der Waals surface area (Å²) < 4.78 is 1.25. The van der Waals surface area contributed by atoms with Crippen LogP contribution in [0, 0.1) is 11.3 Å². The Bertz CT molecular complexity index is 808. The third-order valence-corrected chi connectivity index (χ3v) is 3.19. The molecule has 112 valence electrons. The van der Waals surface area contributed by atoms with E-state index in [-0.39, 0.29) is 16.3 Å². The Hall–Kier alpha value is -2.65. The maximum atomic E-state index is 12.2. The van der Waals surface area contributed by atoms with E-state index in [0.29, 0.717) is 17.8 Å². The summed E-state index contributed by atoms with van der Waals surface area (Å²) in [6.07, 6.45) is 0.739. The number of hydrogen-bond donors (Lipinski definition) is 1. The van der Waals surface area contributed by atoms with Crippen molar-refractivity contribution in [1.29, 1.82) is 5.26 Å². The maximum Gasteiger partial charge on any atom is 0.276 e. The van der Waals surface area contributed by atoms with Crippen LogP contribution in [0.3, 0.4) is 0 Å². The molecule has 2 aromatic rings. The van der Waals surface area contributed by atoms with Gasteiger partial charge in [-0.3, -0.25) is 9.59 Å². The number of nitriles is 1. The molecular weight excluding hydrogens is 304 g/mol. The zero-order chi connectivity index (χ0) is 16.1. The summed E-state index contributed by atoms with van der Waals surface area (Å²) in [5.74, 6) is -0.453. The molecule has 0 atom stereocenters. The van der Waals surface area contributed by atoms with Crippen LogP contribution < -0.4 is 10.9 Å². The summed E-state index contributed by atoms with van der Waals surface area (Å²) in [6, 6.07) is 9.20. The molecule has 0 radical (unpaired) electrons. The third kappa shape index (κ3) is 3.51. The van der Waals surface area contributed by atoms with Crippen molar-refractivity contribution in [3.63, 3.8) is 0 Å². The van der Waals surface area contributed by atoms with Crippen molar-refractivity contribution in [3.8, 4) is 6.07 Å². The van der Waals surface area contributed by atoms with Gasteiger partial charge in [-0.25, -0.2) is 4.68 Å². The molecule has 1 aromatic carbocycles. The summed E-state index contributed by atoms with van der Waals surface area (Å²) in [5, 5.41) is 15.7. The van der Waals surface area contributed by atoms with E-state index < -0.39 is 5.91 Å².